The van der Waals surface area contributed by atoms with E-state index in [0.717, 1.165) is 36.4 Å². The van der Waals surface area contributed by atoms with Crippen LogP contribution in [0.2, 0.25) is 5.02 Å². The molecule has 0 radical (unpaired) electrons. The van der Waals surface area contributed by atoms with Crippen molar-refractivity contribution in [1.82, 2.24) is 19.9 Å². The highest BCUT2D eigenvalue weighted by atomic mass is 35.5. The predicted octanol–water partition coefficient (Wildman–Crippen LogP) is 4.82. The standard InChI is InChI=1S/C27H29ClN6O2/c1-32-13-17-7-5-6-16-10-19(11-18(14-32)24(16)17)30-27-29-12-22(28)25(31-27)34-15-21(26(35)33(2)36)20-8-3-4-9-23(20)34/h3-4,8-12,17,21,36H,5-7,13-15H2,1-2H3,(H,29,30,31). The van der Waals surface area contributed by atoms with E-state index in [9.17, 15) is 10.0 Å². The van der Waals surface area contributed by atoms with Gasteiger partial charge in [0, 0.05) is 38.1 Å². The van der Waals surface area contributed by atoms with E-state index >= 15 is 0 Å². The second kappa shape index (κ2) is 9.03. The fourth-order valence-corrected chi connectivity index (χ4v) is 6.28. The molecule has 3 aliphatic rings. The second-order valence-electron chi connectivity index (χ2n) is 10.1. The van der Waals surface area contributed by atoms with Crippen LogP contribution in [0, 0.1) is 0 Å². The first kappa shape index (κ1) is 23.2. The zero-order valence-corrected chi connectivity index (χ0v) is 21.2. The molecule has 2 aromatic carbocycles. The number of rotatable bonds is 4. The third-order valence-electron chi connectivity index (χ3n) is 7.55. The minimum Gasteiger partial charge on any atom is -0.324 e. The minimum atomic E-state index is -0.516. The van der Waals surface area contributed by atoms with E-state index in [-0.39, 0.29) is 5.91 Å². The number of carbonyl (C=O) groups is 1. The third kappa shape index (κ3) is 3.99. The van der Waals surface area contributed by atoms with Gasteiger partial charge in [0.15, 0.2) is 5.82 Å². The highest BCUT2D eigenvalue weighted by molar-refractivity contribution is 6.33. The number of carbonyl (C=O) groups excluding carboxylic acids is 1. The minimum absolute atomic E-state index is 0.329. The number of nitrogens with zero attached hydrogens (tertiary/aromatic N) is 5. The van der Waals surface area contributed by atoms with Crippen molar-refractivity contribution < 1.29 is 10.0 Å². The number of aromatic nitrogens is 2. The summed E-state index contributed by atoms with van der Waals surface area (Å²) in [5.74, 6) is 0.706. The van der Waals surface area contributed by atoms with E-state index in [2.05, 4.69) is 34.4 Å². The average molecular weight is 505 g/mol. The number of likely N-dealkylation sites (N-methyl/N-ethyl adjacent to an activating group) is 2. The Kier molecular flexibility index (Phi) is 5.82. The molecule has 36 heavy (non-hydrogen) atoms. The van der Waals surface area contributed by atoms with Crippen LogP contribution in [0.25, 0.3) is 0 Å². The lowest BCUT2D eigenvalue weighted by molar-refractivity contribution is -0.160. The summed E-state index contributed by atoms with van der Waals surface area (Å²) in [5, 5.41) is 14.2. The highest BCUT2D eigenvalue weighted by Crippen LogP contribution is 2.43. The fourth-order valence-electron chi connectivity index (χ4n) is 6.09. The van der Waals surface area contributed by atoms with Gasteiger partial charge < -0.3 is 15.1 Å². The molecule has 2 N–H and O–H groups in total. The number of benzene rings is 2. The topological polar surface area (TPSA) is 84.8 Å². The number of hydrogen-bond acceptors (Lipinski definition) is 7. The van der Waals surface area contributed by atoms with Crippen molar-refractivity contribution in [2.24, 2.45) is 0 Å². The predicted molar refractivity (Wildman–Crippen MR) is 140 cm³/mol. The number of para-hydroxylation sites is 1. The smallest absolute Gasteiger partial charge is 0.255 e. The number of amides is 1. The molecule has 0 spiro atoms. The first-order valence-electron chi connectivity index (χ1n) is 12.4. The molecule has 3 aromatic rings. The maximum Gasteiger partial charge on any atom is 0.255 e. The summed E-state index contributed by atoms with van der Waals surface area (Å²) < 4.78 is 0. The van der Waals surface area contributed by atoms with E-state index in [1.54, 1.807) is 11.8 Å². The molecule has 1 aromatic heterocycles. The molecule has 2 unspecified atom stereocenters. The van der Waals surface area contributed by atoms with Gasteiger partial charge in [0.1, 0.15) is 5.02 Å². The van der Waals surface area contributed by atoms with Crippen LogP contribution in [0.5, 0.6) is 0 Å². The molecule has 0 saturated carbocycles. The van der Waals surface area contributed by atoms with Crippen LogP contribution in [-0.2, 0) is 17.8 Å². The quantitative estimate of drug-likeness (QED) is 0.389. The van der Waals surface area contributed by atoms with Gasteiger partial charge in [-0.1, -0.05) is 29.8 Å². The molecule has 1 aliphatic carbocycles. The molecule has 3 heterocycles. The normalized spacial score (nSPS) is 20.6. The van der Waals surface area contributed by atoms with Gasteiger partial charge >= 0.3 is 0 Å². The fraction of sp³-hybridized carbons (Fsp3) is 0.370. The summed E-state index contributed by atoms with van der Waals surface area (Å²) in [6.07, 6.45) is 5.17. The van der Waals surface area contributed by atoms with Crippen molar-refractivity contribution in [1.29, 1.82) is 0 Å². The zero-order chi connectivity index (χ0) is 25.0. The van der Waals surface area contributed by atoms with Crippen LogP contribution in [0.4, 0.5) is 23.1 Å². The van der Waals surface area contributed by atoms with Gasteiger partial charge in [-0.25, -0.2) is 10.0 Å². The lowest BCUT2D eigenvalue weighted by Gasteiger charge is -2.37. The van der Waals surface area contributed by atoms with Gasteiger partial charge in [0.25, 0.3) is 5.91 Å². The Balaban J connectivity index is 1.33. The van der Waals surface area contributed by atoms with E-state index in [0.29, 0.717) is 34.3 Å². The molecule has 8 nitrogen and oxygen atoms in total. The first-order chi connectivity index (χ1) is 17.4. The molecule has 0 bridgehead atoms. The van der Waals surface area contributed by atoms with Crippen molar-refractivity contribution >= 4 is 40.6 Å². The molecule has 2 atom stereocenters. The Morgan fingerprint density at radius 2 is 2.03 bits per heavy atom. The summed E-state index contributed by atoms with van der Waals surface area (Å²) >= 11 is 6.57. The van der Waals surface area contributed by atoms with Gasteiger partial charge in [-0.3, -0.25) is 10.0 Å². The molecule has 6 rings (SSSR count). The van der Waals surface area contributed by atoms with Gasteiger partial charge in [0.2, 0.25) is 5.95 Å². The molecule has 1 amide bonds. The third-order valence-corrected chi connectivity index (χ3v) is 7.82. The monoisotopic (exact) mass is 504 g/mol. The van der Waals surface area contributed by atoms with Crippen LogP contribution in [-0.4, -0.2) is 58.2 Å². The molecular formula is C27H29ClN6O2. The van der Waals surface area contributed by atoms with Crippen LogP contribution in [0.1, 0.15) is 46.9 Å². The maximum absolute atomic E-state index is 12.7. The maximum atomic E-state index is 12.7. The Bertz CT molecular complexity index is 1350. The van der Waals surface area contributed by atoms with E-state index in [1.165, 1.54) is 31.0 Å². The Morgan fingerprint density at radius 3 is 2.86 bits per heavy atom. The van der Waals surface area contributed by atoms with Crippen LogP contribution < -0.4 is 10.2 Å². The summed E-state index contributed by atoms with van der Waals surface area (Å²) in [7, 11) is 3.53. The second-order valence-corrected chi connectivity index (χ2v) is 10.5. The summed E-state index contributed by atoms with van der Waals surface area (Å²) in [4.78, 5) is 26.2. The summed E-state index contributed by atoms with van der Waals surface area (Å²) in [6.45, 7) is 2.40. The van der Waals surface area contributed by atoms with Gasteiger partial charge in [-0.15, -0.1) is 0 Å². The summed E-state index contributed by atoms with van der Waals surface area (Å²) in [6, 6.07) is 12.1. The Morgan fingerprint density at radius 1 is 1.22 bits per heavy atom. The zero-order valence-electron chi connectivity index (χ0n) is 20.4. The summed E-state index contributed by atoms with van der Waals surface area (Å²) in [5.41, 5.74) is 7.00. The SMILES string of the molecule is CN1Cc2cc(Nc3ncc(Cl)c(N4CC(C(=O)N(C)O)c5ccccc54)n3)cc3c2C(CCC3)C1. The lowest BCUT2D eigenvalue weighted by atomic mass is 9.77. The van der Waals surface area contributed by atoms with Crippen LogP contribution in [0.3, 0.4) is 0 Å². The molecule has 2 aliphatic heterocycles. The van der Waals surface area contributed by atoms with Gasteiger partial charge in [0.05, 0.1) is 12.1 Å². The van der Waals surface area contributed by atoms with Crippen molar-refractivity contribution in [3.05, 3.63) is 69.9 Å². The largest absolute Gasteiger partial charge is 0.324 e. The molecule has 186 valence electrons. The van der Waals surface area contributed by atoms with Crippen LogP contribution >= 0.6 is 11.6 Å². The molecule has 9 heteroatoms. The van der Waals surface area contributed by atoms with Gasteiger partial charge in [-0.2, -0.15) is 4.98 Å². The van der Waals surface area contributed by atoms with E-state index in [1.807, 2.05) is 29.2 Å². The van der Waals surface area contributed by atoms with Crippen molar-refractivity contribution in [2.75, 3.05) is 37.4 Å². The number of hydroxylamine groups is 2. The average Bonchev–Trinajstić information content (AvgIpc) is 3.24. The molecule has 0 saturated heterocycles. The van der Waals surface area contributed by atoms with E-state index < -0.39 is 5.92 Å². The van der Waals surface area contributed by atoms with Gasteiger partial charge in [-0.05, 0) is 72.7 Å². The Labute approximate surface area is 215 Å². The molecular weight excluding hydrogens is 476 g/mol. The number of halogens is 1. The van der Waals surface area contributed by atoms with Crippen molar-refractivity contribution in [2.45, 2.75) is 37.6 Å². The molecule has 0 fully saturated rings. The first-order valence-corrected chi connectivity index (χ1v) is 12.7. The van der Waals surface area contributed by atoms with Crippen LogP contribution in [0.15, 0.2) is 42.6 Å². The van der Waals surface area contributed by atoms with Crippen molar-refractivity contribution in [3.63, 3.8) is 0 Å². The highest BCUT2D eigenvalue weighted by Gasteiger charge is 2.37. The number of hydrogen-bond donors (Lipinski definition) is 2. The van der Waals surface area contributed by atoms with Crippen molar-refractivity contribution in [3.8, 4) is 0 Å². The lowest BCUT2D eigenvalue weighted by Crippen LogP contribution is -2.33. The van der Waals surface area contributed by atoms with E-state index in [4.69, 9.17) is 16.6 Å². The number of aryl methyl sites for hydroxylation is 1. The number of anilines is 4. The Hall–Kier alpha value is -3.20. The number of fused-ring (bicyclic) bond motifs is 1. The number of nitrogens with one attached hydrogen (secondary N) is 1.